The molecule has 1 aromatic carbocycles. The number of hydrogen-bond donors (Lipinski definition) is 1. The molecule has 0 saturated carbocycles. The van der Waals surface area contributed by atoms with Gasteiger partial charge in [0, 0.05) is 0 Å². The van der Waals surface area contributed by atoms with Crippen molar-refractivity contribution >= 4 is 6.09 Å². The molecule has 1 aromatic rings. The third-order valence-corrected chi connectivity index (χ3v) is 2.90. The minimum atomic E-state index is -1.22. The summed E-state index contributed by atoms with van der Waals surface area (Å²) in [7, 11) is 0. The predicted molar refractivity (Wildman–Crippen MR) is 71.6 cm³/mol. The van der Waals surface area contributed by atoms with E-state index in [1.54, 1.807) is 39.0 Å². The zero-order valence-electron chi connectivity index (χ0n) is 12.4. The average Bonchev–Trinajstić information content (AvgIpc) is 2.64. The highest BCUT2D eigenvalue weighted by molar-refractivity contribution is 5.69. The van der Waals surface area contributed by atoms with E-state index in [1.165, 1.54) is 0 Å². The van der Waals surface area contributed by atoms with Crippen molar-refractivity contribution in [1.82, 2.24) is 5.32 Å². The summed E-state index contributed by atoms with van der Waals surface area (Å²) in [6, 6.07) is 6.17. The first-order valence-corrected chi connectivity index (χ1v) is 6.29. The molecule has 0 saturated heterocycles. The monoisotopic (exact) mass is 259 g/mol. The van der Waals surface area contributed by atoms with Crippen LogP contribution in [0.1, 0.15) is 51.3 Å². The van der Waals surface area contributed by atoms with Crippen LogP contribution in [-0.2, 0) is 11.2 Å². The van der Waals surface area contributed by atoms with E-state index in [1.807, 2.05) is 0 Å². The van der Waals surface area contributed by atoms with Crippen LogP contribution in [0.15, 0.2) is 18.2 Å². The Balaban J connectivity index is 2.24. The number of nitrogens with one attached hydrogen (secondary N) is 1. The lowest BCUT2D eigenvalue weighted by molar-refractivity contribution is 0.0503. The van der Waals surface area contributed by atoms with Crippen molar-refractivity contribution in [2.24, 2.45) is 0 Å². The van der Waals surface area contributed by atoms with E-state index in [4.69, 9.17) is 11.4 Å². The summed E-state index contributed by atoms with van der Waals surface area (Å²) in [5, 5.41) is 11.7. The van der Waals surface area contributed by atoms with Crippen LogP contribution in [-0.4, -0.2) is 11.7 Å². The standard InChI is InChI=1S/C15H18N2O2/c1-15(2,3)19-14(18)17-13-8-7-11-10(9-16)5-4-6-12(11)13/h4-6,13H,7-8H2,1-3H3,(H,17,18)/t13-/m0/s1/i13D. The van der Waals surface area contributed by atoms with E-state index in [9.17, 15) is 4.79 Å². The molecular formula is C15H18N2O2. The molecule has 0 unspecified atom stereocenters. The van der Waals surface area contributed by atoms with E-state index in [0.29, 0.717) is 24.0 Å². The molecular weight excluding hydrogens is 240 g/mol. The number of amides is 1. The Morgan fingerprint density at radius 1 is 1.58 bits per heavy atom. The molecule has 2 rings (SSSR count). The molecule has 0 radical (unpaired) electrons. The fourth-order valence-corrected chi connectivity index (χ4v) is 2.18. The van der Waals surface area contributed by atoms with Crippen LogP contribution in [0.5, 0.6) is 0 Å². The highest BCUT2D eigenvalue weighted by atomic mass is 16.6. The molecule has 1 aliphatic rings. The number of ether oxygens (including phenoxy) is 1. The summed E-state index contributed by atoms with van der Waals surface area (Å²) in [5.41, 5.74) is 1.50. The molecule has 0 heterocycles. The number of nitrogens with zero attached hydrogens (tertiary/aromatic N) is 1. The van der Waals surface area contributed by atoms with Crippen LogP contribution in [0.3, 0.4) is 0 Å². The Bertz CT molecular complexity index is 587. The molecule has 4 heteroatoms. The van der Waals surface area contributed by atoms with Crippen LogP contribution in [0.2, 0.25) is 0 Å². The number of benzene rings is 1. The third-order valence-electron chi connectivity index (χ3n) is 2.90. The summed E-state index contributed by atoms with van der Waals surface area (Å²) in [6.45, 7) is 5.33. The van der Waals surface area contributed by atoms with Crippen LogP contribution in [0, 0.1) is 11.3 Å². The Morgan fingerprint density at radius 2 is 2.32 bits per heavy atom. The van der Waals surface area contributed by atoms with Gasteiger partial charge in [-0.3, -0.25) is 0 Å². The normalized spacial score (nSPS) is 22.1. The Labute approximate surface area is 114 Å². The maximum atomic E-state index is 11.9. The summed E-state index contributed by atoms with van der Waals surface area (Å²) in [5.74, 6) is 0. The number of carbonyl (C=O) groups excluding carboxylic acids is 1. The van der Waals surface area contributed by atoms with Crippen LogP contribution in [0.4, 0.5) is 4.79 Å². The first-order chi connectivity index (χ1) is 9.25. The van der Waals surface area contributed by atoms with Gasteiger partial charge in [-0.15, -0.1) is 0 Å². The Kier molecular flexibility index (Phi) is 3.12. The number of nitriles is 1. The van der Waals surface area contributed by atoms with Crippen LogP contribution < -0.4 is 5.32 Å². The lowest BCUT2D eigenvalue weighted by atomic mass is 10.0. The molecule has 1 N–H and O–H groups in total. The predicted octanol–water partition coefficient (Wildman–Crippen LogP) is 3.07. The Hall–Kier alpha value is -2.02. The average molecular weight is 259 g/mol. The minimum absolute atomic E-state index is 0.445. The third kappa shape index (κ3) is 3.05. The van der Waals surface area contributed by atoms with Crippen molar-refractivity contribution in [1.29, 1.82) is 5.26 Å². The topological polar surface area (TPSA) is 62.1 Å². The van der Waals surface area contributed by atoms with E-state index in [-0.39, 0.29) is 0 Å². The van der Waals surface area contributed by atoms with Gasteiger partial charge in [0.1, 0.15) is 5.60 Å². The molecule has 0 aromatic heterocycles. The van der Waals surface area contributed by atoms with Crippen molar-refractivity contribution in [3.63, 3.8) is 0 Å². The molecule has 1 amide bonds. The van der Waals surface area contributed by atoms with Crippen LogP contribution >= 0.6 is 0 Å². The Morgan fingerprint density at radius 3 is 2.95 bits per heavy atom. The van der Waals surface area contributed by atoms with Crippen molar-refractivity contribution in [2.75, 3.05) is 0 Å². The second-order valence-corrected chi connectivity index (χ2v) is 5.55. The van der Waals surface area contributed by atoms with Gasteiger partial charge in [0.25, 0.3) is 0 Å². The second kappa shape index (κ2) is 4.93. The molecule has 1 aliphatic carbocycles. The fourth-order valence-electron chi connectivity index (χ4n) is 2.18. The highest BCUT2D eigenvalue weighted by Crippen LogP contribution is 2.33. The zero-order chi connectivity index (χ0) is 15.0. The highest BCUT2D eigenvalue weighted by Gasteiger charge is 2.27. The number of carbonyl (C=O) groups is 1. The van der Waals surface area contributed by atoms with Gasteiger partial charge >= 0.3 is 6.09 Å². The van der Waals surface area contributed by atoms with E-state index in [0.717, 1.165) is 5.56 Å². The number of fused-ring (bicyclic) bond motifs is 1. The van der Waals surface area contributed by atoms with Gasteiger partial charge in [0.15, 0.2) is 0 Å². The summed E-state index contributed by atoms with van der Waals surface area (Å²) in [4.78, 5) is 11.9. The maximum absolute atomic E-state index is 11.9. The number of hydrogen-bond acceptors (Lipinski definition) is 3. The molecule has 19 heavy (non-hydrogen) atoms. The second-order valence-electron chi connectivity index (χ2n) is 5.55. The molecule has 100 valence electrons. The SMILES string of the molecule is [2H][C@]1(NC(=O)OC(C)(C)C)CCc2c(C#N)cccc21. The fraction of sp³-hybridized carbons (Fsp3) is 0.467. The molecule has 0 bridgehead atoms. The molecule has 0 fully saturated rings. The van der Waals surface area contributed by atoms with E-state index in [2.05, 4.69) is 11.4 Å². The van der Waals surface area contributed by atoms with Crippen molar-refractivity contribution in [2.45, 2.75) is 45.2 Å². The largest absolute Gasteiger partial charge is 0.444 e. The van der Waals surface area contributed by atoms with E-state index < -0.39 is 17.7 Å². The van der Waals surface area contributed by atoms with Crippen molar-refractivity contribution < 1.29 is 10.9 Å². The summed E-state index contributed by atoms with van der Waals surface area (Å²) in [6.07, 6.45) is 0.446. The first-order valence-electron chi connectivity index (χ1n) is 6.79. The summed E-state index contributed by atoms with van der Waals surface area (Å²) < 4.78 is 13.7. The van der Waals surface area contributed by atoms with Crippen LogP contribution in [0.25, 0.3) is 0 Å². The zero-order valence-corrected chi connectivity index (χ0v) is 11.4. The van der Waals surface area contributed by atoms with Crippen molar-refractivity contribution in [3.8, 4) is 6.07 Å². The van der Waals surface area contributed by atoms with Gasteiger partial charge in [0.2, 0.25) is 0 Å². The van der Waals surface area contributed by atoms with Gasteiger partial charge in [-0.05, 0) is 50.8 Å². The van der Waals surface area contributed by atoms with Gasteiger partial charge in [-0.25, -0.2) is 4.79 Å². The number of alkyl carbamates (subject to hydrolysis) is 1. The number of rotatable bonds is 1. The molecule has 4 nitrogen and oxygen atoms in total. The molecule has 0 aliphatic heterocycles. The molecule has 0 spiro atoms. The lowest BCUT2D eigenvalue weighted by Gasteiger charge is -2.22. The summed E-state index contributed by atoms with van der Waals surface area (Å²) >= 11 is 0. The van der Waals surface area contributed by atoms with Crippen molar-refractivity contribution in [3.05, 3.63) is 34.9 Å². The smallest absolute Gasteiger partial charge is 0.408 e. The van der Waals surface area contributed by atoms with E-state index >= 15 is 0 Å². The molecule has 1 atom stereocenters. The maximum Gasteiger partial charge on any atom is 0.408 e. The first kappa shape index (κ1) is 12.0. The van der Waals surface area contributed by atoms with Gasteiger partial charge in [0.05, 0.1) is 19.0 Å². The van der Waals surface area contributed by atoms with Gasteiger partial charge in [-0.2, -0.15) is 5.26 Å². The quantitative estimate of drug-likeness (QED) is 0.843. The lowest BCUT2D eigenvalue weighted by Crippen LogP contribution is -2.34. The van der Waals surface area contributed by atoms with Gasteiger partial charge < -0.3 is 10.1 Å². The minimum Gasteiger partial charge on any atom is -0.444 e. The van der Waals surface area contributed by atoms with Gasteiger partial charge in [-0.1, -0.05) is 12.1 Å².